The van der Waals surface area contributed by atoms with Crippen LogP contribution in [0.2, 0.25) is 0 Å². The summed E-state index contributed by atoms with van der Waals surface area (Å²) in [4.78, 5) is 13.5. The molecule has 1 aromatic rings. The van der Waals surface area contributed by atoms with Crippen molar-refractivity contribution in [3.63, 3.8) is 0 Å². The number of carbonyl (C=O) groups excluding carboxylic acids is 1. The van der Waals surface area contributed by atoms with Crippen LogP contribution < -0.4 is 5.32 Å². The Morgan fingerprint density at radius 3 is 3.00 bits per heavy atom. The third-order valence-electron chi connectivity index (χ3n) is 3.25. The van der Waals surface area contributed by atoms with Crippen LogP contribution >= 0.6 is 0 Å². The molecule has 2 N–H and O–H groups in total. The highest BCUT2D eigenvalue weighted by Crippen LogP contribution is 2.18. The Morgan fingerprint density at radius 1 is 1.61 bits per heavy atom. The van der Waals surface area contributed by atoms with Crippen molar-refractivity contribution in [3.05, 3.63) is 29.6 Å². The Labute approximate surface area is 105 Å². The second kappa shape index (κ2) is 5.35. The first kappa shape index (κ1) is 12.8. The number of amides is 2. The van der Waals surface area contributed by atoms with Gasteiger partial charge in [0.15, 0.2) is 0 Å². The van der Waals surface area contributed by atoms with Gasteiger partial charge in [-0.25, -0.2) is 9.18 Å². The van der Waals surface area contributed by atoms with E-state index in [1.807, 2.05) is 0 Å². The van der Waals surface area contributed by atoms with Gasteiger partial charge in [-0.05, 0) is 31.0 Å². The molecule has 4 nitrogen and oxygen atoms in total. The molecule has 2 amide bonds. The van der Waals surface area contributed by atoms with E-state index in [-0.39, 0.29) is 24.4 Å². The lowest BCUT2D eigenvalue weighted by molar-refractivity contribution is 0.209. The molecule has 5 heteroatoms. The van der Waals surface area contributed by atoms with Crippen LogP contribution in [0.3, 0.4) is 0 Å². The Hall–Kier alpha value is -1.62. The number of likely N-dealkylation sites (tertiary alicyclic amines) is 1. The number of rotatable bonds is 2. The number of aliphatic hydroxyl groups is 1. The van der Waals surface area contributed by atoms with Crippen molar-refractivity contribution in [3.8, 4) is 0 Å². The number of hydrogen-bond acceptors (Lipinski definition) is 2. The van der Waals surface area contributed by atoms with E-state index < -0.39 is 0 Å². The standard InChI is InChI=1S/C13H17FN2O2/c1-9-2-3-11(6-12(9)14)15-13(18)16-5-4-10(7-16)8-17/h2-3,6,10,17H,4-5,7-8H2,1H3,(H,15,18). The summed E-state index contributed by atoms with van der Waals surface area (Å²) < 4.78 is 13.3. The van der Waals surface area contributed by atoms with Crippen molar-refractivity contribution < 1.29 is 14.3 Å². The van der Waals surface area contributed by atoms with E-state index >= 15 is 0 Å². The monoisotopic (exact) mass is 252 g/mol. The molecule has 0 aromatic heterocycles. The number of aliphatic hydroxyl groups excluding tert-OH is 1. The van der Waals surface area contributed by atoms with Gasteiger partial charge in [0.05, 0.1) is 0 Å². The third kappa shape index (κ3) is 2.79. The molecule has 1 aliphatic heterocycles. The maximum absolute atomic E-state index is 13.3. The lowest BCUT2D eigenvalue weighted by Gasteiger charge is -2.17. The number of benzene rings is 1. The largest absolute Gasteiger partial charge is 0.396 e. The molecule has 1 aromatic carbocycles. The molecular formula is C13H17FN2O2. The quantitative estimate of drug-likeness (QED) is 0.845. The van der Waals surface area contributed by atoms with Gasteiger partial charge in [-0.15, -0.1) is 0 Å². The molecule has 0 saturated carbocycles. The molecule has 1 saturated heterocycles. The Morgan fingerprint density at radius 2 is 2.39 bits per heavy atom. The van der Waals surface area contributed by atoms with Gasteiger partial charge >= 0.3 is 6.03 Å². The van der Waals surface area contributed by atoms with Gasteiger partial charge in [0.2, 0.25) is 0 Å². The fourth-order valence-electron chi connectivity index (χ4n) is 2.04. The summed E-state index contributed by atoms with van der Waals surface area (Å²) in [6.45, 7) is 2.96. The van der Waals surface area contributed by atoms with Crippen molar-refractivity contribution in [2.45, 2.75) is 13.3 Å². The van der Waals surface area contributed by atoms with Crippen LogP contribution in [0.15, 0.2) is 18.2 Å². The maximum Gasteiger partial charge on any atom is 0.321 e. The first-order chi connectivity index (χ1) is 8.60. The summed E-state index contributed by atoms with van der Waals surface area (Å²) in [7, 11) is 0. The SMILES string of the molecule is Cc1ccc(NC(=O)N2CCC(CO)C2)cc1F. The molecule has 98 valence electrons. The van der Waals surface area contributed by atoms with E-state index in [1.54, 1.807) is 24.0 Å². The van der Waals surface area contributed by atoms with E-state index in [2.05, 4.69) is 5.32 Å². The minimum absolute atomic E-state index is 0.100. The van der Waals surface area contributed by atoms with Crippen LogP contribution in [0.25, 0.3) is 0 Å². The van der Waals surface area contributed by atoms with Gasteiger partial charge in [0.25, 0.3) is 0 Å². The topological polar surface area (TPSA) is 52.6 Å². The minimum atomic E-state index is -0.331. The molecule has 0 bridgehead atoms. The Bertz CT molecular complexity index is 451. The van der Waals surface area contributed by atoms with Crippen LogP contribution in [0.4, 0.5) is 14.9 Å². The Kier molecular flexibility index (Phi) is 3.81. The molecule has 0 aliphatic carbocycles. The number of nitrogens with one attached hydrogen (secondary N) is 1. The van der Waals surface area contributed by atoms with Crippen molar-refractivity contribution in [1.82, 2.24) is 4.90 Å². The zero-order chi connectivity index (χ0) is 13.1. The summed E-state index contributed by atoms with van der Waals surface area (Å²) in [5.74, 6) is -0.173. The lowest BCUT2D eigenvalue weighted by atomic mass is 10.1. The van der Waals surface area contributed by atoms with Crippen molar-refractivity contribution in [2.75, 3.05) is 25.0 Å². The van der Waals surface area contributed by atoms with Crippen molar-refractivity contribution in [1.29, 1.82) is 0 Å². The van der Waals surface area contributed by atoms with Crippen LogP contribution in [0.5, 0.6) is 0 Å². The van der Waals surface area contributed by atoms with Crippen LogP contribution in [0, 0.1) is 18.7 Å². The van der Waals surface area contributed by atoms with E-state index in [1.165, 1.54) is 6.07 Å². The average Bonchev–Trinajstić information content (AvgIpc) is 2.82. The predicted molar refractivity (Wildman–Crippen MR) is 66.9 cm³/mol. The summed E-state index contributed by atoms with van der Waals surface area (Å²) >= 11 is 0. The molecule has 1 aliphatic rings. The molecule has 2 rings (SSSR count). The maximum atomic E-state index is 13.3. The molecule has 1 unspecified atom stereocenters. The molecule has 0 radical (unpaired) electrons. The van der Waals surface area contributed by atoms with E-state index in [0.29, 0.717) is 24.3 Å². The smallest absolute Gasteiger partial charge is 0.321 e. The van der Waals surface area contributed by atoms with Gasteiger partial charge in [-0.2, -0.15) is 0 Å². The van der Waals surface area contributed by atoms with Gasteiger partial charge < -0.3 is 15.3 Å². The summed E-state index contributed by atoms with van der Waals surface area (Å²) in [6.07, 6.45) is 0.812. The fraction of sp³-hybridized carbons (Fsp3) is 0.462. The van der Waals surface area contributed by atoms with Gasteiger partial charge in [-0.3, -0.25) is 0 Å². The average molecular weight is 252 g/mol. The zero-order valence-electron chi connectivity index (χ0n) is 10.3. The number of nitrogens with zero attached hydrogens (tertiary/aromatic N) is 1. The number of hydrogen-bond donors (Lipinski definition) is 2. The van der Waals surface area contributed by atoms with Crippen molar-refractivity contribution in [2.24, 2.45) is 5.92 Å². The molecule has 1 fully saturated rings. The van der Waals surface area contributed by atoms with Gasteiger partial charge in [0.1, 0.15) is 5.82 Å². The van der Waals surface area contributed by atoms with Crippen LogP contribution in [-0.4, -0.2) is 35.7 Å². The highest BCUT2D eigenvalue weighted by atomic mass is 19.1. The first-order valence-electron chi connectivity index (χ1n) is 6.03. The van der Waals surface area contributed by atoms with Crippen LogP contribution in [-0.2, 0) is 0 Å². The van der Waals surface area contributed by atoms with Crippen LogP contribution in [0.1, 0.15) is 12.0 Å². The fourth-order valence-corrected chi connectivity index (χ4v) is 2.04. The summed E-state index contributed by atoms with van der Waals surface area (Å²) in [5, 5.41) is 11.7. The highest BCUT2D eigenvalue weighted by Gasteiger charge is 2.25. The molecule has 18 heavy (non-hydrogen) atoms. The first-order valence-corrected chi connectivity index (χ1v) is 6.03. The number of halogens is 1. The van der Waals surface area contributed by atoms with E-state index in [4.69, 9.17) is 5.11 Å². The molecular weight excluding hydrogens is 235 g/mol. The second-order valence-corrected chi connectivity index (χ2v) is 4.68. The van der Waals surface area contributed by atoms with Gasteiger partial charge in [0, 0.05) is 31.3 Å². The van der Waals surface area contributed by atoms with E-state index in [0.717, 1.165) is 6.42 Å². The normalized spacial score (nSPS) is 19.1. The number of urea groups is 1. The summed E-state index contributed by atoms with van der Waals surface area (Å²) in [6, 6.07) is 4.38. The second-order valence-electron chi connectivity index (χ2n) is 4.68. The minimum Gasteiger partial charge on any atom is -0.396 e. The number of carbonyl (C=O) groups is 1. The zero-order valence-corrected chi connectivity index (χ0v) is 10.3. The highest BCUT2D eigenvalue weighted by molar-refractivity contribution is 5.89. The third-order valence-corrected chi connectivity index (χ3v) is 3.25. The predicted octanol–water partition coefficient (Wildman–Crippen LogP) is 1.98. The summed E-state index contributed by atoms with van der Waals surface area (Å²) in [5.41, 5.74) is 1.00. The molecule has 1 heterocycles. The van der Waals surface area contributed by atoms with Crippen molar-refractivity contribution >= 4 is 11.7 Å². The van der Waals surface area contributed by atoms with E-state index in [9.17, 15) is 9.18 Å². The number of anilines is 1. The molecule has 0 spiro atoms. The number of aryl methyl sites for hydroxylation is 1. The van der Waals surface area contributed by atoms with Gasteiger partial charge in [-0.1, -0.05) is 6.07 Å². The molecule has 1 atom stereocenters. The Balaban J connectivity index is 1.97. The lowest BCUT2D eigenvalue weighted by Crippen LogP contribution is -2.33.